The van der Waals surface area contributed by atoms with Gasteiger partial charge < -0.3 is 4.90 Å². The van der Waals surface area contributed by atoms with Crippen molar-refractivity contribution >= 4 is 29.4 Å². The molecule has 1 aromatic heterocycles. The zero-order valence-corrected chi connectivity index (χ0v) is 17.5. The molecule has 4 amide bonds. The van der Waals surface area contributed by atoms with Crippen LogP contribution in [0.25, 0.3) is 0 Å². The number of hydrogen-bond acceptors (Lipinski definition) is 7. The molecule has 1 aromatic carbocycles. The van der Waals surface area contributed by atoms with Gasteiger partial charge in [0.15, 0.2) is 0 Å². The number of hydrogen-bond donors (Lipinski definition) is 1. The average molecular weight is 433 g/mol. The Balaban J connectivity index is 1.26. The Morgan fingerprint density at radius 3 is 2.44 bits per heavy atom. The molecule has 164 valence electrons. The summed E-state index contributed by atoms with van der Waals surface area (Å²) in [5.41, 5.74) is 1.58. The molecule has 0 spiro atoms. The third-order valence-corrected chi connectivity index (χ3v) is 6.26. The highest BCUT2D eigenvalue weighted by molar-refractivity contribution is 6.23. The molecule has 32 heavy (non-hydrogen) atoms. The number of fused-ring (bicyclic) bond motifs is 1. The number of anilines is 1. The molecule has 1 atom stereocenters. The number of amides is 4. The molecule has 3 aliphatic heterocycles. The summed E-state index contributed by atoms with van der Waals surface area (Å²) >= 11 is 0. The van der Waals surface area contributed by atoms with Gasteiger partial charge in [0.25, 0.3) is 11.8 Å². The minimum absolute atomic E-state index is 0.111. The highest BCUT2D eigenvalue weighted by Gasteiger charge is 2.44. The number of aromatic nitrogens is 1. The van der Waals surface area contributed by atoms with Crippen molar-refractivity contribution in [3.63, 3.8) is 0 Å². The van der Waals surface area contributed by atoms with Gasteiger partial charge in [0.2, 0.25) is 11.8 Å². The number of pyridine rings is 1. The van der Waals surface area contributed by atoms with Gasteiger partial charge in [-0.2, -0.15) is 0 Å². The van der Waals surface area contributed by atoms with Gasteiger partial charge in [0, 0.05) is 45.3 Å². The molecular weight excluding hydrogens is 410 g/mol. The van der Waals surface area contributed by atoms with Crippen molar-refractivity contribution in [2.45, 2.75) is 25.4 Å². The number of rotatable bonds is 4. The van der Waals surface area contributed by atoms with Gasteiger partial charge in [-0.25, -0.2) is 4.98 Å². The molecule has 5 rings (SSSR count). The predicted molar refractivity (Wildman–Crippen MR) is 115 cm³/mol. The van der Waals surface area contributed by atoms with E-state index in [0.29, 0.717) is 17.7 Å². The number of nitrogens with zero attached hydrogens (tertiary/aromatic N) is 4. The molecule has 2 aromatic rings. The first kappa shape index (κ1) is 20.3. The van der Waals surface area contributed by atoms with Crippen molar-refractivity contribution in [1.82, 2.24) is 20.1 Å². The van der Waals surface area contributed by atoms with Gasteiger partial charge in [0.1, 0.15) is 11.9 Å². The van der Waals surface area contributed by atoms with Crippen molar-refractivity contribution in [2.24, 2.45) is 0 Å². The van der Waals surface area contributed by atoms with Crippen LogP contribution in [0, 0.1) is 0 Å². The summed E-state index contributed by atoms with van der Waals surface area (Å²) in [5, 5.41) is 2.22. The molecular formula is C23H23N5O4. The molecule has 0 aliphatic carbocycles. The number of carbonyl (C=O) groups is 4. The fourth-order valence-corrected chi connectivity index (χ4v) is 4.55. The van der Waals surface area contributed by atoms with E-state index in [1.165, 1.54) is 0 Å². The van der Waals surface area contributed by atoms with E-state index >= 15 is 0 Å². The molecule has 9 nitrogen and oxygen atoms in total. The first-order valence-electron chi connectivity index (χ1n) is 10.7. The highest BCUT2D eigenvalue weighted by atomic mass is 16.2. The summed E-state index contributed by atoms with van der Waals surface area (Å²) < 4.78 is 0. The predicted octanol–water partition coefficient (Wildman–Crippen LogP) is 0.805. The van der Waals surface area contributed by atoms with E-state index in [9.17, 15) is 19.2 Å². The number of nitrogens with one attached hydrogen (secondary N) is 1. The summed E-state index contributed by atoms with van der Waals surface area (Å²) in [7, 11) is 0. The Morgan fingerprint density at radius 2 is 1.72 bits per heavy atom. The molecule has 0 radical (unpaired) electrons. The lowest BCUT2D eigenvalue weighted by atomic mass is 10.0. The Kier molecular flexibility index (Phi) is 5.18. The van der Waals surface area contributed by atoms with E-state index in [0.717, 1.165) is 42.5 Å². The minimum atomic E-state index is -0.941. The summed E-state index contributed by atoms with van der Waals surface area (Å²) in [4.78, 5) is 59.4. The average Bonchev–Trinajstić information content (AvgIpc) is 3.05. The maximum Gasteiger partial charge on any atom is 0.262 e. The lowest BCUT2D eigenvalue weighted by molar-refractivity contribution is -0.136. The molecule has 9 heteroatoms. The van der Waals surface area contributed by atoms with E-state index in [4.69, 9.17) is 0 Å². The molecule has 0 saturated carbocycles. The van der Waals surface area contributed by atoms with Crippen molar-refractivity contribution in [2.75, 3.05) is 31.1 Å². The Morgan fingerprint density at radius 1 is 0.938 bits per heavy atom. The molecule has 0 bridgehead atoms. The van der Waals surface area contributed by atoms with Gasteiger partial charge in [-0.3, -0.25) is 34.3 Å². The minimum Gasteiger partial charge on any atom is -0.354 e. The van der Waals surface area contributed by atoms with Crippen LogP contribution in [0.15, 0.2) is 42.6 Å². The van der Waals surface area contributed by atoms with Crippen LogP contribution in [0.3, 0.4) is 0 Å². The van der Waals surface area contributed by atoms with Crippen LogP contribution in [0.2, 0.25) is 0 Å². The summed E-state index contributed by atoms with van der Waals surface area (Å²) in [5.74, 6) is -0.950. The number of piperidine rings is 1. The first-order chi connectivity index (χ1) is 15.5. The van der Waals surface area contributed by atoms with Crippen LogP contribution in [0.1, 0.15) is 39.1 Å². The topological polar surface area (TPSA) is 103 Å². The standard InChI is InChI=1S/C23H23N5O4/c29-20-7-6-18(21(30)25-20)28-22(31)16-5-4-15(13-17(16)23(28)32)14-26-9-11-27(12-10-26)19-3-1-2-8-24-19/h1-5,8,13,18H,6-7,9-12,14H2,(H,25,29,30). The molecule has 1 N–H and O–H groups in total. The largest absolute Gasteiger partial charge is 0.354 e. The lowest BCUT2D eigenvalue weighted by Crippen LogP contribution is -2.54. The number of piperazine rings is 1. The molecule has 3 aliphatic rings. The van der Waals surface area contributed by atoms with Crippen molar-refractivity contribution in [3.8, 4) is 0 Å². The SMILES string of the molecule is O=C1CCC(N2C(=O)c3ccc(CN4CCN(c5ccccn5)CC4)cc3C2=O)C(=O)N1. The second-order valence-electron chi connectivity index (χ2n) is 8.28. The summed E-state index contributed by atoms with van der Waals surface area (Å²) in [6.45, 7) is 4.13. The maximum atomic E-state index is 13.0. The third-order valence-electron chi connectivity index (χ3n) is 6.26. The molecule has 1 unspecified atom stereocenters. The fraction of sp³-hybridized carbons (Fsp3) is 0.348. The van der Waals surface area contributed by atoms with Crippen molar-refractivity contribution in [1.29, 1.82) is 0 Å². The van der Waals surface area contributed by atoms with Crippen molar-refractivity contribution < 1.29 is 19.2 Å². The monoisotopic (exact) mass is 433 g/mol. The van der Waals surface area contributed by atoms with Crippen LogP contribution >= 0.6 is 0 Å². The maximum absolute atomic E-state index is 13.0. The number of carbonyl (C=O) groups excluding carboxylic acids is 4. The van der Waals surface area contributed by atoms with Gasteiger partial charge in [-0.1, -0.05) is 12.1 Å². The summed E-state index contributed by atoms with van der Waals surface area (Å²) in [6.07, 6.45) is 2.06. The second-order valence-corrected chi connectivity index (χ2v) is 8.28. The zero-order chi connectivity index (χ0) is 22.2. The van der Waals surface area contributed by atoms with E-state index in [1.54, 1.807) is 18.3 Å². The van der Waals surface area contributed by atoms with Crippen molar-refractivity contribution in [3.05, 3.63) is 59.3 Å². The van der Waals surface area contributed by atoms with E-state index in [1.807, 2.05) is 24.3 Å². The Labute approximate surface area is 185 Å². The lowest BCUT2D eigenvalue weighted by Gasteiger charge is -2.35. The fourth-order valence-electron chi connectivity index (χ4n) is 4.55. The highest BCUT2D eigenvalue weighted by Crippen LogP contribution is 2.28. The first-order valence-corrected chi connectivity index (χ1v) is 10.7. The van der Waals surface area contributed by atoms with E-state index in [-0.39, 0.29) is 18.7 Å². The number of benzene rings is 1. The normalized spacial score (nSPS) is 21.7. The van der Waals surface area contributed by atoms with Crippen LogP contribution in [-0.2, 0) is 16.1 Å². The van der Waals surface area contributed by atoms with Crippen LogP contribution < -0.4 is 10.2 Å². The molecule has 2 fully saturated rings. The third kappa shape index (κ3) is 3.64. The van der Waals surface area contributed by atoms with E-state index < -0.39 is 23.8 Å². The Bertz CT molecular complexity index is 1090. The number of imide groups is 2. The van der Waals surface area contributed by atoms with Gasteiger partial charge >= 0.3 is 0 Å². The quantitative estimate of drug-likeness (QED) is 0.712. The Hall–Kier alpha value is -3.59. The van der Waals surface area contributed by atoms with Gasteiger partial charge in [0.05, 0.1) is 11.1 Å². The van der Waals surface area contributed by atoms with Crippen LogP contribution in [-0.4, -0.2) is 70.6 Å². The van der Waals surface area contributed by atoms with E-state index in [2.05, 4.69) is 20.1 Å². The van der Waals surface area contributed by atoms with Gasteiger partial charge in [-0.15, -0.1) is 0 Å². The second kappa shape index (κ2) is 8.16. The molecule has 4 heterocycles. The van der Waals surface area contributed by atoms with Crippen LogP contribution in [0.5, 0.6) is 0 Å². The van der Waals surface area contributed by atoms with Gasteiger partial charge in [-0.05, 0) is 36.2 Å². The molecule has 2 saturated heterocycles. The summed E-state index contributed by atoms with van der Waals surface area (Å²) in [6, 6.07) is 10.2. The van der Waals surface area contributed by atoms with Crippen LogP contribution in [0.4, 0.5) is 5.82 Å². The smallest absolute Gasteiger partial charge is 0.262 e. The zero-order valence-electron chi connectivity index (χ0n) is 17.5.